The molecule has 0 aliphatic heterocycles. The van der Waals surface area contributed by atoms with Gasteiger partial charge in [0.2, 0.25) is 5.91 Å². The Labute approximate surface area is 204 Å². The molecule has 35 heavy (non-hydrogen) atoms. The number of nitrogens with one attached hydrogen (secondary N) is 1. The largest absolute Gasteiger partial charge is 0.481 e. The number of rotatable bonds is 13. The predicted octanol–water partition coefficient (Wildman–Crippen LogP) is 5.73. The Balaban J connectivity index is 1.56. The summed E-state index contributed by atoms with van der Waals surface area (Å²) >= 11 is 0. The molecule has 7 heteroatoms. The molecule has 0 bridgehead atoms. The highest BCUT2D eigenvalue weighted by atomic mass is 19.1. The van der Waals surface area contributed by atoms with Crippen molar-refractivity contribution in [2.24, 2.45) is 5.92 Å². The fourth-order valence-corrected chi connectivity index (χ4v) is 3.71. The molecule has 0 saturated heterocycles. The van der Waals surface area contributed by atoms with Crippen molar-refractivity contribution in [3.63, 3.8) is 0 Å². The van der Waals surface area contributed by atoms with Crippen molar-refractivity contribution < 1.29 is 23.9 Å². The molecule has 182 valence electrons. The fourth-order valence-electron chi connectivity index (χ4n) is 3.71. The first-order chi connectivity index (χ1) is 17.0. The Morgan fingerprint density at radius 3 is 2.26 bits per heavy atom. The molecule has 3 aromatic rings. The number of anilines is 1. The van der Waals surface area contributed by atoms with Crippen LogP contribution >= 0.6 is 0 Å². The smallest absolute Gasteiger partial charge is 0.306 e. The molecule has 1 heterocycles. The van der Waals surface area contributed by atoms with E-state index in [-0.39, 0.29) is 24.5 Å². The standard InChI is InChI=1S/C28H29FN2O4/c29-17-5-4-8-27(33)31-26-16-15-24(19-30-26)21-11-13-22(14-12-21)25(32)18-23(28(34)35)10-9-20-6-2-1-3-7-20/h1-3,6-7,11-16,19,23H,4-5,8-10,17-18H2,(H,34,35)(H,30,31,33). The molecule has 1 amide bonds. The molecule has 0 fully saturated rings. The van der Waals surface area contributed by atoms with Crippen LogP contribution in [0.1, 0.15) is 48.0 Å². The van der Waals surface area contributed by atoms with Gasteiger partial charge in [-0.2, -0.15) is 0 Å². The summed E-state index contributed by atoms with van der Waals surface area (Å²) in [7, 11) is 0. The summed E-state index contributed by atoms with van der Waals surface area (Å²) < 4.78 is 12.1. The van der Waals surface area contributed by atoms with E-state index in [2.05, 4.69) is 10.3 Å². The minimum Gasteiger partial charge on any atom is -0.481 e. The molecule has 0 aliphatic carbocycles. The molecule has 0 saturated carbocycles. The minimum atomic E-state index is -0.966. The summed E-state index contributed by atoms with van der Waals surface area (Å²) in [5.74, 6) is -1.70. The third-order valence-electron chi connectivity index (χ3n) is 5.76. The van der Waals surface area contributed by atoms with Crippen molar-refractivity contribution in [1.29, 1.82) is 0 Å². The highest BCUT2D eigenvalue weighted by Gasteiger charge is 2.22. The monoisotopic (exact) mass is 476 g/mol. The number of aromatic nitrogens is 1. The second-order valence-corrected chi connectivity index (χ2v) is 8.39. The van der Waals surface area contributed by atoms with Crippen LogP contribution in [-0.4, -0.2) is 34.4 Å². The lowest BCUT2D eigenvalue weighted by Gasteiger charge is -2.12. The van der Waals surface area contributed by atoms with E-state index in [9.17, 15) is 23.9 Å². The molecule has 6 nitrogen and oxygen atoms in total. The zero-order chi connectivity index (χ0) is 25.0. The number of ketones is 1. The Morgan fingerprint density at radius 1 is 0.914 bits per heavy atom. The second kappa shape index (κ2) is 13.1. The predicted molar refractivity (Wildman–Crippen MR) is 133 cm³/mol. The van der Waals surface area contributed by atoms with Crippen LogP contribution < -0.4 is 5.32 Å². The van der Waals surface area contributed by atoms with Crippen LogP contribution in [0.4, 0.5) is 10.2 Å². The van der Waals surface area contributed by atoms with Crippen LogP contribution in [0.15, 0.2) is 72.9 Å². The normalized spacial score (nSPS) is 11.6. The van der Waals surface area contributed by atoms with Gasteiger partial charge in [0.15, 0.2) is 5.78 Å². The van der Waals surface area contributed by atoms with Crippen LogP contribution in [-0.2, 0) is 16.0 Å². The third kappa shape index (κ3) is 8.14. The number of carbonyl (C=O) groups excluding carboxylic acids is 2. The number of carbonyl (C=O) groups is 3. The van der Waals surface area contributed by atoms with E-state index in [1.165, 1.54) is 0 Å². The highest BCUT2D eigenvalue weighted by molar-refractivity contribution is 5.98. The molecule has 1 aromatic heterocycles. The number of nitrogens with zero attached hydrogens (tertiary/aromatic N) is 1. The number of unbranched alkanes of at least 4 members (excludes halogenated alkanes) is 1. The summed E-state index contributed by atoms with van der Waals surface area (Å²) in [6.45, 7) is -0.432. The van der Waals surface area contributed by atoms with Gasteiger partial charge in [-0.3, -0.25) is 18.8 Å². The third-order valence-corrected chi connectivity index (χ3v) is 5.76. The summed E-state index contributed by atoms with van der Waals surface area (Å²) in [5, 5.41) is 12.3. The fraction of sp³-hybridized carbons (Fsp3) is 0.286. The minimum absolute atomic E-state index is 0.0528. The number of halogens is 1. The maximum Gasteiger partial charge on any atom is 0.306 e. The zero-order valence-electron chi connectivity index (χ0n) is 19.5. The number of carboxylic acids is 1. The van der Waals surface area contributed by atoms with Gasteiger partial charge in [-0.05, 0) is 48.9 Å². The molecule has 0 radical (unpaired) electrons. The molecule has 1 atom stereocenters. The van der Waals surface area contributed by atoms with Crippen LogP contribution in [0.5, 0.6) is 0 Å². The number of hydrogen-bond donors (Lipinski definition) is 2. The lowest BCUT2D eigenvalue weighted by atomic mass is 9.92. The molecule has 0 aliphatic rings. The average molecular weight is 477 g/mol. The number of hydrogen-bond acceptors (Lipinski definition) is 4. The van der Waals surface area contributed by atoms with E-state index in [4.69, 9.17) is 0 Å². The first kappa shape index (κ1) is 25.7. The Hall–Kier alpha value is -3.87. The van der Waals surface area contributed by atoms with Gasteiger partial charge < -0.3 is 10.4 Å². The number of carboxylic acid groups (broad SMARTS) is 1. The number of amides is 1. The molecular weight excluding hydrogens is 447 g/mol. The van der Waals surface area contributed by atoms with Crippen molar-refractivity contribution in [3.8, 4) is 11.1 Å². The highest BCUT2D eigenvalue weighted by Crippen LogP contribution is 2.22. The quantitative estimate of drug-likeness (QED) is 0.242. The number of aryl methyl sites for hydroxylation is 1. The van der Waals surface area contributed by atoms with Crippen molar-refractivity contribution in [3.05, 3.63) is 84.1 Å². The number of pyridine rings is 1. The van der Waals surface area contributed by atoms with Crippen molar-refractivity contribution in [2.45, 2.75) is 38.5 Å². The summed E-state index contributed by atoms with van der Waals surface area (Å²) in [4.78, 5) is 40.5. The molecule has 1 unspecified atom stereocenters. The lowest BCUT2D eigenvalue weighted by molar-refractivity contribution is -0.141. The summed E-state index contributed by atoms with van der Waals surface area (Å²) in [5.41, 5.74) is 3.16. The topological polar surface area (TPSA) is 96.4 Å². The van der Waals surface area contributed by atoms with Crippen LogP contribution in [0.2, 0.25) is 0 Å². The molecule has 3 rings (SSSR count). The number of Topliss-reactive ketones (excluding diaryl/α,β-unsaturated/α-hetero) is 1. The first-order valence-electron chi connectivity index (χ1n) is 11.7. The zero-order valence-corrected chi connectivity index (χ0v) is 19.5. The van der Waals surface area contributed by atoms with Gasteiger partial charge >= 0.3 is 5.97 Å². The van der Waals surface area contributed by atoms with Crippen LogP contribution in [0.25, 0.3) is 11.1 Å². The van der Waals surface area contributed by atoms with Crippen LogP contribution in [0.3, 0.4) is 0 Å². The van der Waals surface area contributed by atoms with E-state index in [1.807, 2.05) is 36.4 Å². The SMILES string of the molecule is O=C(CCCCF)Nc1ccc(-c2ccc(C(=O)CC(CCc3ccccc3)C(=O)O)cc2)cn1. The average Bonchev–Trinajstić information content (AvgIpc) is 2.87. The van der Waals surface area contributed by atoms with E-state index >= 15 is 0 Å². The maximum absolute atomic E-state index is 12.7. The van der Waals surface area contributed by atoms with Gasteiger partial charge in [-0.25, -0.2) is 4.98 Å². The lowest BCUT2D eigenvalue weighted by Crippen LogP contribution is -2.19. The van der Waals surface area contributed by atoms with E-state index in [0.717, 1.165) is 16.7 Å². The molecule has 2 aromatic carbocycles. The molecule has 0 spiro atoms. The Kier molecular flexibility index (Phi) is 9.66. The number of alkyl halides is 1. The molecular formula is C28H29FN2O4. The van der Waals surface area contributed by atoms with E-state index in [1.54, 1.807) is 36.5 Å². The first-order valence-corrected chi connectivity index (χ1v) is 11.7. The number of benzene rings is 2. The van der Waals surface area contributed by atoms with Gasteiger partial charge in [0.1, 0.15) is 5.82 Å². The second-order valence-electron chi connectivity index (χ2n) is 8.39. The Bertz CT molecular complexity index is 1120. The van der Waals surface area contributed by atoms with Crippen molar-refractivity contribution >= 4 is 23.5 Å². The van der Waals surface area contributed by atoms with Gasteiger partial charge in [0.05, 0.1) is 12.6 Å². The summed E-state index contributed by atoms with van der Waals surface area (Å²) in [6, 6.07) is 20.1. The Morgan fingerprint density at radius 2 is 1.63 bits per heavy atom. The number of aliphatic carboxylic acids is 1. The van der Waals surface area contributed by atoms with Gasteiger partial charge in [-0.15, -0.1) is 0 Å². The van der Waals surface area contributed by atoms with Gasteiger partial charge in [-0.1, -0.05) is 54.6 Å². The van der Waals surface area contributed by atoms with Gasteiger partial charge in [0, 0.05) is 30.2 Å². The summed E-state index contributed by atoms with van der Waals surface area (Å²) in [6.07, 6.45) is 3.67. The van der Waals surface area contributed by atoms with Gasteiger partial charge in [0.25, 0.3) is 0 Å². The van der Waals surface area contributed by atoms with Crippen molar-refractivity contribution in [2.75, 3.05) is 12.0 Å². The van der Waals surface area contributed by atoms with E-state index < -0.39 is 18.6 Å². The van der Waals surface area contributed by atoms with E-state index in [0.29, 0.717) is 37.1 Å². The molecule has 2 N–H and O–H groups in total. The van der Waals surface area contributed by atoms with Crippen LogP contribution in [0, 0.1) is 5.92 Å². The maximum atomic E-state index is 12.7. The van der Waals surface area contributed by atoms with Crippen molar-refractivity contribution in [1.82, 2.24) is 4.98 Å².